The molecule has 0 radical (unpaired) electrons. The molecule has 2 atom stereocenters. The fraction of sp³-hybridized carbons (Fsp3) is 0.406. The molecule has 0 heterocycles. The van der Waals surface area contributed by atoms with Gasteiger partial charge in [-0.2, -0.15) is 26.3 Å². The van der Waals surface area contributed by atoms with Gasteiger partial charge in [-0.05, 0) is 109 Å². The molecule has 2 unspecified atom stereocenters. The lowest BCUT2D eigenvalue weighted by Crippen LogP contribution is -2.38. The van der Waals surface area contributed by atoms with Crippen molar-refractivity contribution in [2.45, 2.75) is 63.7 Å². The molecule has 0 amide bonds. The van der Waals surface area contributed by atoms with E-state index in [0.717, 1.165) is 37.0 Å². The van der Waals surface area contributed by atoms with Gasteiger partial charge in [0.05, 0.1) is 22.4 Å². The van der Waals surface area contributed by atoms with Gasteiger partial charge in [0.1, 0.15) is 0 Å². The lowest BCUT2D eigenvalue weighted by molar-refractivity contribution is -0.138. The number of carboxylic acids is 1. The van der Waals surface area contributed by atoms with Crippen molar-refractivity contribution in [3.8, 4) is 0 Å². The van der Waals surface area contributed by atoms with E-state index in [9.17, 15) is 36.2 Å². The van der Waals surface area contributed by atoms with Crippen molar-refractivity contribution in [1.29, 1.82) is 0 Å². The molecule has 3 aromatic rings. The minimum atomic E-state index is -4.78. The first-order chi connectivity index (χ1) is 19.6. The van der Waals surface area contributed by atoms with Gasteiger partial charge in [-0.15, -0.1) is 0 Å². The van der Waals surface area contributed by atoms with E-state index >= 15 is 0 Å². The van der Waals surface area contributed by atoms with Crippen LogP contribution in [-0.2, 0) is 17.8 Å². The molecule has 2 aliphatic carbocycles. The van der Waals surface area contributed by atoms with Crippen LogP contribution in [0.2, 0.25) is 0 Å². The average Bonchev–Trinajstić information content (AvgIpc) is 2.87. The van der Waals surface area contributed by atoms with E-state index in [1.165, 1.54) is 30.9 Å². The fourth-order valence-corrected chi connectivity index (χ4v) is 7.05. The largest absolute Gasteiger partial charge is 0.478 e. The lowest BCUT2D eigenvalue weighted by Gasteiger charge is -2.47. The van der Waals surface area contributed by atoms with Crippen molar-refractivity contribution in [1.82, 2.24) is 0 Å². The lowest BCUT2D eigenvalue weighted by atomic mass is 9.57. The highest BCUT2D eigenvalue weighted by molar-refractivity contribution is 5.95. The molecule has 5 rings (SSSR count). The first-order valence-corrected chi connectivity index (χ1v) is 13.9. The summed E-state index contributed by atoms with van der Waals surface area (Å²) in [6.45, 7) is 4.62. The zero-order chi connectivity index (χ0) is 30.4. The summed E-state index contributed by atoms with van der Waals surface area (Å²) < 4.78 is 80.6. The Kier molecular flexibility index (Phi) is 7.70. The van der Waals surface area contributed by atoms with Crippen LogP contribution in [0, 0.1) is 17.8 Å². The Morgan fingerprint density at radius 1 is 0.762 bits per heavy atom. The molecule has 4 nitrogen and oxygen atoms in total. The van der Waals surface area contributed by atoms with Crippen LogP contribution in [-0.4, -0.2) is 11.1 Å². The van der Waals surface area contributed by atoms with Gasteiger partial charge in [-0.1, -0.05) is 26.0 Å². The van der Waals surface area contributed by atoms with E-state index < -0.39 is 35.0 Å². The Balaban J connectivity index is 1.40. The quantitative estimate of drug-likeness (QED) is 0.250. The molecule has 2 saturated carbocycles. The Morgan fingerprint density at radius 2 is 1.33 bits per heavy atom. The number of hydrogen-bond donors (Lipinski definition) is 3. The molecule has 0 aliphatic heterocycles. The minimum absolute atomic E-state index is 0.0447. The molecular weight excluding hydrogens is 558 g/mol. The third kappa shape index (κ3) is 6.52. The standard InChI is InChI=1S/C32H32F6N2O2/c1-18-9-19-11-20(10-18)17-30(2,16-19)21-3-6-24(7-4-21)39-25-12-23(32(36,37)38)13-26(15-25)40-28-8-5-22(31(33,34)35)14-27(28)29(41)42/h3-8,12-15,18-20,39-40H,9-11,16-17H2,1-2H3,(H,41,42). The van der Waals surface area contributed by atoms with Crippen LogP contribution >= 0.6 is 0 Å². The van der Waals surface area contributed by atoms with Crippen molar-refractivity contribution < 1.29 is 36.2 Å². The average molecular weight is 591 g/mol. The zero-order valence-electron chi connectivity index (χ0n) is 23.2. The highest BCUT2D eigenvalue weighted by Gasteiger charge is 2.41. The van der Waals surface area contributed by atoms with E-state index in [4.69, 9.17) is 0 Å². The summed E-state index contributed by atoms with van der Waals surface area (Å²) in [7, 11) is 0. The van der Waals surface area contributed by atoms with Crippen LogP contribution in [0.1, 0.15) is 73.0 Å². The number of benzene rings is 3. The first-order valence-electron chi connectivity index (χ1n) is 13.9. The molecule has 2 aliphatic rings. The van der Waals surface area contributed by atoms with Gasteiger partial charge in [0, 0.05) is 17.1 Å². The third-order valence-corrected chi connectivity index (χ3v) is 8.60. The van der Waals surface area contributed by atoms with Crippen LogP contribution < -0.4 is 10.6 Å². The molecule has 0 saturated heterocycles. The van der Waals surface area contributed by atoms with Crippen LogP contribution in [0.4, 0.5) is 49.1 Å². The summed E-state index contributed by atoms with van der Waals surface area (Å²) in [6.07, 6.45) is -3.49. The summed E-state index contributed by atoms with van der Waals surface area (Å²) in [6, 6.07) is 12.7. The highest BCUT2D eigenvalue weighted by atomic mass is 19.4. The molecule has 10 heteroatoms. The number of carboxylic acid groups (broad SMARTS) is 1. The molecule has 224 valence electrons. The van der Waals surface area contributed by atoms with Gasteiger partial charge in [0.15, 0.2) is 0 Å². The highest BCUT2D eigenvalue weighted by Crippen LogP contribution is 2.51. The summed E-state index contributed by atoms with van der Waals surface area (Å²) >= 11 is 0. The van der Waals surface area contributed by atoms with Crippen LogP contribution in [0.15, 0.2) is 60.7 Å². The summed E-state index contributed by atoms with van der Waals surface area (Å²) in [5.74, 6) is 0.515. The summed E-state index contributed by atoms with van der Waals surface area (Å²) in [4.78, 5) is 11.7. The molecule has 0 aromatic heterocycles. The van der Waals surface area contributed by atoms with Gasteiger partial charge in [-0.25, -0.2) is 4.79 Å². The van der Waals surface area contributed by atoms with Crippen molar-refractivity contribution >= 4 is 28.7 Å². The number of fused-ring (bicyclic) bond motifs is 2. The Hall–Kier alpha value is -3.69. The molecule has 42 heavy (non-hydrogen) atoms. The zero-order valence-corrected chi connectivity index (χ0v) is 23.2. The number of aromatic carboxylic acids is 1. The Bertz CT molecular complexity index is 1450. The second kappa shape index (κ2) is 10.9. The molecule has 3 aromatic carbocycles. The summed E-state index contributed by atoms with van der Waals surface area (Å²) in [5.41, 5.74) is -1.43. The number of nitrogens with one attached hydrogen (secondary N) is 2. The number of alkyl halides is 6. The summed E-state index contributed by atoms with van der Waals surface area (Å²) in [5, 5.41) is 15.0. The number of halogens is 6. The van der Waals surface area contributed by atoms with Gasteiger partial charge >= 0.3 is 18.3 Å². The van der Waals surface area contributed by atoms with E-state index in [-0.39, 0.29) is 22.5 Å². The van der Waals surface area contributed by atoms with Crippen molar-refractivity contribution in [2.75, 3.05) is 10.6 Å². The molecule has 0 spiro atoms. The van der Waals surface area contributed by atoms with Gasteiger partial charge in [0.2, 0.25) is 0 Å². The number of anilines is 4. The maximum Gasteiger partial charge on any atom is 0.416 e. The second-order valence-electron chi connectivity index (χ2n) is 12.2. The topological polar surface area (TPSA) is 61.4 Å². The molecule has 2 bridgehead atoms. The normalized spacial score (nSPS) is 24.2. The van der Waals surface area contributed by atoms with Gasteiger partial charge in [-0.3, -0.25) is 0 Å². The van der Waals surface area contributed by atoms with Crippen LogP contribution in [0.25, 0.3) is 0 Å². The predicted octanol–water partition coefficient (Wildman–Crippen LogP) is 10.0. The maximum absolute atomic E-state index is 13.8. The fourth-order valence-electron chi connectivity index (χ4n) is 7.05. The van der Waals surface area contributed by atoms with Crippen molar-refractivity contribution in [3.05, 3.63) is 82.9 Å². The van der Waals surface area contributed by atoms with Crippen LogP contribution in [0.3, 0.4) is 0 Å². The number of rotatable bonds is 6. The SMILES string of the molecule is CC1CC2CC(C1)CC(C)(c1ccc(Nc3cc(Nc4ccc(C(F)(F)F)cc4C(=O)O)cc(C(F)(F)F)c3)cc1)C2. The molecular formula is C32H32F6N2O2. The van der Waals surface area contributed by atoms with Gasteiger partial charge in [0.25, 0.3) is 0 Å². The van der Waals surface area contributed by atoms with Crippen LogP contribution in [0.5, 0.6) is 0 Å². The second-order valence-corrected chi connectivity index (χ2v) is 12.2. The Morgan fingerprint density at radius 3 is 1.88 bits per heavy atom. The smallest absolute Gasteiger partial charge is 0.416 e. The first kappa shape index (κ1) is 29.8. The van der Waals surface area contributed by atoms with Crippen molar-refractivity contribution in [2.24, 2.45) is 17.8 Å². The number of carbonyl (C=O) groups is 1. The maximum atomic E-state index is 13.8. The minimum Gasteiger partial charge on any atom is -0.478 e. The molecule has 2 fully saturated rings. The molecule has 3 N–H and O–H groups in total. The monoisotopic (exact) mass is 590 g/mol. The Labute approximate surface area is 240 Å². The van der Waals surface area contributed by atoms with E-state index in [0.29, 0.717) is 29.7 Å². The predicted molar refractivity (Wildman–Crippen MR) is 149 cm³/mol. The van der Waals surface area contributed by atoms with E-state index in [1.807, 2.05) is 24.3 Å². The van der Waals surface area contributed by atoms with E-state index in [2.05, 4.69) is 24.5 Å². The van der Waals surface area contributed by atoms with E-state index in [1.54, 1.807) is 0 Å². The van der Waals surface area contributed by atoms with Crippen molar-refractivity contribution in [3.63, 3.8) is 0 Å². The number of hydrogen-bond acceptors (Lipinski definition) is 3. The van der Waals surface area contributed by atoms with Gasteiger partial charge < -0.3 is 15.7 Å². The third-order valence-electron chi connectivity index (χ3n) is 8.60.